The molecule has 0 saturated carbocycles. The van der Waals surface area contributed by atoms with Crippen molar-refractivity contribution in [2.24, 2.45) is 11.5 Å². The van der Waals surface area contributed by atoms with Crippen LogP contribution >= 0.6 is 37.9 Å². The SMILES string of the molecule is CC(=O)N[C@@H](CS)C(=O)O.CC(=O)N[C@@H](CS)C(N)=O.N[C@@H](CS)C(=O)O. The third-order valence-electron chi connectivity index (χ3n) is 2.28. The van der Waals surface area contributed by atoms with Gasteiger partial charge in [-0.2, -0.15) is 37.9 Å². The van der Waals surface area contributed by atoms with E-state index in [0.717, 1.165) is 0 Å². The van der Waals surface area contributed by atoms with E-state index in [1.54, 1.807) is 0 Å². The van der Waals surface area contributed by atoms with Crippen LogP contribution in [0.4, 0.5) is 0 Å². The number of hydrogen-bond acceptors (Lipinski definition) is 9. The van der Waals surface area contributed by atoms with Gasteiger partial charge in [-0.05, 0) is 0 Å². The second kappa shape index (κ2) is 17.8. The van der Waals surface area contributed by atoms with Crippen molar-refractivity contribution < 1.29 is 34.2 Å². The van der Waals surface area contributed by atoms with Gasteiger partial charge >= 0.3 is 11.9 Å². The van der Waals surface area contributed by atoms with Crippen LogP contribution in [0.15, 0.2) is 0 Å². The van der Waals surface area contributed by atoms with Crippen LogP contribution in [0.5, 0.6) is 0 Å². The Morgan fingerprint density at radius 2 is 1.19 bits per heavy atom. The van der Waals surface area contributed by atoms with Crippen LogP contribution in [0.1, 0.15) is 13.8 Å². The minimum atomic E-state index is -1.06. The summed E-state index contributed by atoms with van der Waals surface area (Å²) in [5, 5.41) is 20.9. The Morgan fingerprint density at radius 3 is 1.26 bits per heavy atom. The molecule has 27 heavy (non-hydrogen) atoms. The summed E-state index contributed by atoms with van der Waals surface area (Å²) < 4.78 is 0. The molecule has 0 aliphatic carbocycles. The van der Waals surface area contributed by atoms with Crippen molar-refractivity contribution in [2.75, 3.05) is 17.3 Å². The molecule has 3 amide bonds. The van der Waals surface area contributed by atoms with Gasteiger partial charge in [-0.3, -0.25) is 19.2 Å². The second-order valence-electron chi connectivity index (χ2n) is 4.74. The highest BCUT2D eigenvalue weighted by molar-refractivity contribution is 7.80. The molecule has 0 radical (unpaired) electrons. The standard InChI is InChI=1S/C5H10N2O2S.C5H9NO3S.C3H7NO2S/c1-3(8)7-4(2-10)5(6)9;1-3(7)6-4(2-10)5(8)9;4-2(1-7)3(5)6/h4,10H,2H2,1H3,(H2,6,9)(H,7,8);4,10H,2H2,1H3,(H,6,7)(H,8,9);2,7H,1,4H2,(H,5,6)/t2*4-;2-/m000/s1. The highest BCUT2D eigenvalue weighted by Gasteiger charge is 2.15. The van der Waals surface area contributed by atoms with Crippen LogP contribution in [-0.4, -0.2) is 75.3 Å². The largest absolute Gasteiger partial charge is 0.480 e. The van der Waals surface area contributed by atoms with Crippen molar-refractivity contribution in [3.63, 3.8) is 0 Å². The van der Waals surface area contributed by atoms with Crippen LogP contribution in [0.25, 0.3) is 0 Å². The number of amides is 3. The molecule has 158 valence electrons. The summed E-state index contributed by atoms with van der Waals surface area (Å²) in [4.78, 5) is 51.1. The zero-order chi connectivity index (χ0) is 22.2. The molecule has 0 spiro atoms. The van der Waals surface area contributed by atoms with E-state index in [-0.39, 0.29) is 29.1 Å². The van der Waals surface area contributed by atoms with Gasteiger partial charge in [0.05, 0.1) is 0 Å². The number of thiol groups is 3. The van der Waals surface area contributed by atoms with Gasteiger partial charge in [0, 0.05) is 31.1 Å². The molecule has 0 rings (SSSR count). The molecule has 0 aliphatic rings. The van der Waals surface area contributed by atoms with Gasteiger partial charge in [0.25, 0.3) is 0 Å². The van der Waals surface area contributed by atoms with Crippen LogP contribution < -0.4 is 22.1 Å². The van der Waals surface area contributed by atoms with Gasteiger partial charge in [-0.15, -0.1) is 0 Å². The Kier molecular flexibility index (Phi) is 19.8. The topological polar surface area (TPSA) is 202 Å². The van der Waals surface area contributed by atoms with Crippen LogP contribution in [-0.2, 0) is 24.0 Å². The first-order valence-electron chi connectivity index (χ1n) is 7.21. The first-order valence-corrected chi connectivity index (χ1v) is 9.10. The summed E-state index contributed by atoms with van der Waals surface area (Å²) in [5.74, 6) is -2.75. The third-order valence-corrected chi connectivity index (χ3v) is 3.40. The Balaban J connectivity index is -0.000000326. The van der Waals surface area contributed by atoms with Gasteiger partial charge in [0.1, 0.15) is 18.1 Å². The quantitative estimate of drug-likeness (QED) is 0.186. The number of primary amides is 1. The van der Waals surface area contributed by atoms with Crippen LogP contribution in [0, 0.1) is 0 Å². The molecule has 0 unspecified atom stereocenters. The van der Waals surface area contributed by atoms with Crippen molar-refractivity contribution in [3.05, 3.63) is 0 Å². The Morgan fingerprint density at radius 1 is 0.815 bits per heavy atom. The average Bonchev–Trinajstić information content (AvgIpc) is 2.56. The summed E-state index contributed by atoms with van der Waals surface area (Å²) in [6.45, 7) is 2.58. The smallest absolute Gasteiger partial charge is 0.327 e. The van der Waals surface area contributed by atoms with Gasteiger partial charge in [-0.1, -0.05) is 0 Å². The molecule has 8 N–H and O–H groups in total. The number of aliphatic carboxylic acids is 2. The Labute approximate surface area is 173 Å². The lowest BCUT2D eigenvalue weighted by atomic mass is 10.3. The van der Waals surface area contributed by atoms with E-state index in [4.69, 9.17) is 21.7 Å². The molecule has 3 atom stereocenters. The molecule has 11 nitrogen and oxygen atoms in total. The number of carboxylic acid groups (broad SMARTS) is 2. The lowest BCUT2D eigenvalue weighted by Crippen LogP contribution is -2.44. The van der Waals surface area contributed by atoms with Crippen LogP contribution in [0.2, 0.25) is 0 Å². The molecule has 0 saturated heterocycles. The number of carboxylic acids is 2. The normalized spacial score (nSPS) is 12.5. The fraction of sp³-hybridized carbons (Fsp3) is 0.615. The van der Waals surface area contributed by atoms with Gasteiger partial charge in [0.2, 0.25) is 17.7 Å². The number of hydrogen-bond donors (Lipinski definition) is 9. The monoisotopic (exact) mass is 446 g/mol. The maximum absolute atomic E-state index is 10.4. The number of carbonyl (C=O) groups excluding carboxylic acids is 3. The maximum atomic E-state index is 10.4. The number of rotatable bonds is 8. The van der Waals surface area contributed by atoms with Crippen molar-refractivity contribution in [1.82, 2.24) is 10.6 Å². The van der Waals surface area contributed by atoms with Crippen molar-refractivity contribution >= 4 is 67.5 Å². The first-order chi connectivity index (χ1) is 12.3. The molecule has 0 bridgehead atoms. The van der Waals surface area contributed by atoms with E-state index in [2.05, 4.69) is 48.5 Å². The van der Waals surface area contributed by atoms with E-state index in [1.807, 2.05) is 0 Å². The Hall–Kier alpha value is -1.64. The average molecular weight is 447 g/mol. The predicted molar refractivity (Wildman–Crippen MR) is 109 cm³/mol. The summed E-state index contributed by atoms with van der Waals surface area (Å²) in [5.41, 5.74) is 9.83. The lowest BCUT2D eigenvalue weighted by molar-refractivity contribution is -0.140. The van der Waals surface area contributed by atoms with Crippen molar-refractivity contribution in [3.8, 4) is 0 Å². The molecular formula is C13H26N4O7S3. The van der Waals surface area contributed by atoms with E-state index in [0.29, 0.717) is 0 Å². The fourth-order valence-electron chi connectivity index (χ4n) is 0.961. The molecule has 0 aromatic carbocycles. The first kappa shape index (κ1) is 30.1. The molecule has 0 fully saturated rings. The highest BCUT2D eigenvalue weighted by atomic mass is 32.1. The van der Waals surface area contributed by atoms with E-state index in [9.17, 15) is 24.0 Å². The zero-order valence-corrected chi connectivity index (χ0v) is 17.5. The number of carbonyl (C=O) groups is 5. The van der Waals surface area contributed by atoms with Crippen molar-refractivity contribution in [2.45, 2.75) is 32.0 Å². The molecule has 14 heteroatoms. The minimum Gasteiger partial charge on any atom is -0.480 e. The molecule has 0 aromatic rings. The molecule has 0 aliphatic heterocycles. The summed E-state index contributed by atoms with van der Waals surface area (Å²) in [6.07, 6.45) is 0. The second-order valence-corrected chi connectivity index (χ2v) is 5.83. The van der Waals surface area contributed by atoms with E-state index < -0.39 is 36.0 Å². The predicted octanol–water partition coefficient (Wildman–Crippen LogP) is -2.26. The molecular weight excluding hydrogens is 420 g/mol. The third kappa shape index (κ3) is 20.5. The van der Waals surface area contributed by atoms with Crippen LogP contribution in [0.3, 0.4) is 0 Å². The van der Waals surface area contributed by atoms with E-state index in [1.165, 1.54) is 13.8 Å². The van der Waals surface area contributed by atoms with Crippen molar-refractivity contribution in [1.29, 1.82) is 0 Å². The Bertz CT molecular complexity index is 474. The number of nitrogens with one attached hydrogen (secondary N) is 2. The molecule has 0 aromatic heterocycles. The van der Waals surface area contributed by atoms with Gasteiger partial charge < -0.3 is 32.3 Å². The highest BCUT2D eigenvalue weighted by Crippen LogP contribution is 1.87. The fourth-order valence-corrected chi connectivity index (χ4v) is 1.64. The van der Waals surface area contributed by atoms with E-state index >= 15 is 0 Å². The lowest BCUT2D eigenvalue weighted by Gasteiger charge is -2.09. The number of nitrogens with two attached hydrogens (primary N) is 2. The zero-order valence-electron chi connectivity index (χ0n) is 14.8. The summed E-state index contributed by atoms with van der Waals surface area (Å²) in [6, 6.07) is -2.34. The molecule has 0 heterocycles. The summed E-state index contributed by atoms with van der Waals surface area (Å²) >= 11 is 11.2. The van der Waals surface area contributed by atoms with Gasteiger partial charge in [-0.25, -0.2) is 4.79 Å². The van der Waals surface area contributed by atoms with Gasteiger partial charge in [0.15, 0.2) is 0 Å². The summed E-state index contributed by atoms with van der Waals surface area (Å²) in [7, 11) is 0. The minimum absolute atomic E-state index is 0.106. The maximum Gasteiger partial charge on any atom is 0.327 e.